The van der Waals surface area contributed by atoms with Gasteiger partial charge >= 0.3 is 0 Å². The van der Waals surface area contributed by atoms with Crippen molar-refractivity contribution in [2.24, 2.45) is 0 Å². The van der Waals surface area contributed by atoms with Gasteiger partial charge in [-0.3, -0.25) is 4.79 Å². The van der Waals surface area contributed by atoms with Gasteiger partial charge < -0.3 is 4.57 Å². The fourth-order valence-corrected chi connectivity index (χ4v) is 5.23. The molecule has 0 N–H and O–H groups in total. The molecule has 0 saturated carbocycles. The lowest BCUT2D eigenvalue weighted by atomic mass is 9.95. The van der Waals surface area contributed by atoms with Crippen LogP contribution >= 0.6 is 0 Å². The van der Waals surface area contributed by atoms with Crippen molar-refractivity contribution in [1.29, 1.82) is 0 Å². The first-order valence-electron chi connectivity index (χ1n) is 12.4. The van der Waals surface area contributed by atoms with E-state index in [0.29, 0.717) is 6.42 Å². The zero-order valence-electron chi connectivity index (χ0n) is 19.9. The molecule has 6 aromatic rings. The number of carbonyl (C=O) groups excluding carboxylic acids is 1. The van der Waals surface area contributed by atoms with Crippen molar-refractivity contribution in [3.63, 3.8) is 0 Å². The van der Waals surface area contributed by atoms with Gasteiger partial charge in [-0.05, 0) is 41.1 Å². The normalized spacial score (nSPS) is 11.5. The Morgan fingerprint density at radius 1 is 0.629 bits per heavy atom. The van der Waals surface area contributed by atoms with Gasteiger partial charge in [0.1, 0.15) is 0 Å². The molecule has 0 radical (unpaired) electrons. The highest BCUT2D eigenvalue weighted by Gasteiger charge is 2.15. The molecule has 0 aliphatic rings. The summed E-state index contributed by atoms with van der Waals surface area (Å²) in [5, 5.41) is 4.94. The Hall–Kier alpha value is -4.17. The lowest BCUT2D eigenvalue weighted by molar-refractivity contribution is 0.0980. The third-order valence-electron chi connectivity index (χ3n) is 7.00. The lowest BCUT2D eigenvalue weighted by Crippen LogP contribution is -1.98. The Bertz CT molecular complexity index is 1640. The molecule has 0 aliphatic carbocycles. The van der Waals surface area contributed by atoms with Crippen LogP contribution in [0.2, 0.25) is 0 Å². The van der Waals surface area contributed by atoms with Gasteiger partial charge in [-0.15, -0.1) is 0 Å². The third kappa shape index (κ3) is 3.63. The van der Waals surface area contributed by atoms with Crippen LogP contribution in [0.25, 0.3) is 49.4 Å². The largest absolute Gasteiger partial charge is 0.309 e. The van der Waals surface area contributed by atoms with Crippen molar-refractivity contribution in [2.75, 3.05) is 0 Å². The zero-order valence-corrected chi connectivity index (χ0v) is 19.9. The number of nitrogens with zero attached hydrogens (tertiary/aromatic N) is 1. The van der Waals surface area contributed by atoms with E-state index in [9.17, 15) is 4.79 Å². The van der Waals surface area contributed by atoms with Crippen LogP contribution in [0.4, 0.5) is 0 Å². The number of unbranched alkanes of at least 4 members (excludes halogenated alkanes) is 1. The Balaban J connectivity index is 1.52. The number of ketones is 1. The summed E-state index contributed by atoms with van der Waals surface area (Å²) >= 11 is 0. The van der Waals surface area contributed by atoms with Crippen molar-refractivity contribution in [1.82, 2.24) is 4.57 Å². The summed E-state index contributed by atoms with van der Waals surface area (Å²) in [5.74, 6) is 0.227. The first-order valence-corrected chi connectivity index (χ1v) is 12.4. The van der Waals surface area contributed by atoms with E-state index in [1.165, 1.54) is 43.8 Å². The number of fused-ring (bicyclic) bond motifs is 4. The number of para-hydroxylation sites is 2. The predicted octanol–water partition coefficient (Wildman–Crippen LogP) is 8.98. The van der Waals surface area contributed by atoms with Gasteiger partial charge in [0.2, 0.25) is 0 Å². The maximum atomic E-state index is 12.5. The Morgan fingerprint density at radius 2 is 1.20 bits per heavy atom. The molecule has 2 heteroatoms. The summed E-state index contributed by atoms with van der Waals surface area (Å²) in [5.41, 5.74) is 6.70. The smallest absolute Gasteiger partial charge is 0.162 e. The fraction of sp³-hybridized carbons (Fsp3) is 0.121. The highest BCUT2D eigenvalue weighted by Crippen LogP contribution is 2.37. The van der Waals surface area contributed by atoms with E-state index < -0.39 is 0 Å². The number of carbonyl (C=O) groups is 1. The second-order valence-electron chi connectivity index (χ2n) is 9.15. The number of hydrogen-bond acceptors (Lipinski definition) is 1. The van der Waals surface area contributed by atoms with E-state index in [2.05, 4.69) is 109 Å². The first kappa shape index (κ1) is 21.4. The molecule has 0 spiro atoms. The molecule has 35 heavy (non-hydrogen) atoms. The van der Waals surface area contributed by atoms with Crippen LogP contribution in [0.15, 0.2) is 109 Å². The van der Waals surface area contributed by atoms with Crippen LogP contribution in [-0.4, -0.2) is 10.4 Å². The summed E-state index contributed by atoms with van der Waals surface area (Å²) in [4.78, 5) is 12.5. The highest BCUT2D eigenvalue weighted by molar-refractivity contribution is 6.11. The van der Waals surface area contributed by atoms with Crippen LogP contribution in [0.3, 0.4) is 0 Å². The molecule has 0 aliphatic heterocycles. The summed E-state index contributed by atoms with van der Waals surface area (Å²) < 4.78 is 2.38. The van der Waals surface area contributed by atoms with Crippen molar-refractivity contribution in [2.45, 2.75) is 26.2 Å². The lowest BCUT2D eigenvalue weighted by Gasteiger charge is -2.15. The minimum Gasteiger partial charge on any atom is -0.309 e. The molecule has 5 aromatic carbocycles. The van der Waals surface area contributed by atoms with Gasteiger partial charge in [-0.2, -0.15) is 0 Å². The van der Waals surface area contributed by atoms with E-state index in [-0.39, 0.29) is 5.78 Å². The zero-order chi connectivity index (χ0) is 23.8. The summed E-state index contributed by atoms with van der Waals surface area (Å²) in [6, 6.07) is 38.4. The number of benzene rings is 5. The second kappa shape index (κ2) is 8.88. The van der Waals surface area contributed by atoms with Crippen LogP contribution in [0, 0.1) is 0 Å². The molecular formula is C33H27NO. The van der Waals surface area contributed by atoms with Gasteiger partial charge in [0.25, 0.3) is 0 Å². The standard InChI is InChI=1S/C33H27NO/c1-2-3-16-33(35)24-19-17-23(18-20-24)25-21-22-32(27-11-5-4-10-26(25)27)34-30-14-8-6-12-28(30)29-13-7-9-15-31(29)34/h4-15,17-22H,2-3,16H2,1H3. The van der Waals surface area contributed by atoms with Crippen molar-refractivity contribution in [3.05, 3.63) is 115 Å². The average Bonchev–Trinajstić information content (AvgIpc) is 3.25. The Morgan fingerprint density at radius 3 is 1.83 bits per heavy atom. The molecule has 0 fully saturated rings. The molecule has 6 rings (SSSR count). The number of Topliss-reactive ketones (excluding diaryl/α,β-unsaturated/α-hetero) is 1. The maximum Gasteiger partial charge on any atom is 0.162 e. The van der Waals surface area contributed by atoms with Gasteiger partial charge in [-0.1, -0.05) is 104 Å². The van der Waals surface area contributed by atoms with Gasteiger partial charge in [-0.25, -0.2) is 0 Å². The van der Waals surface area contributed by atoms with Crippen LogP contribution < -0.4 is 0 Å². The topological polar surface area (TPSA) is 22.0 Å². The van der Waals surface area contributed by atoms with E-state index >= 15 is 0 Å². The molecule has 1 heterocycles. The quantitative estimate of drug-likeness (QED) is 0.231. The van der Waals surface area contributed by atoms with E-state index in [1.807, 2.05) is 12.1 Å². The minimum absolute atomic E-state index is 0.227. The Labute approximate surface area is 205 Å². The molecule has 0 amide bonds. The molecular weight excluding hydrogens is 426 g/mol. The number of aromatic nitrogens is 1. The van der Waals surface area contributed by atoms with Crippen molar-refractivity contribution in [3.8, 4) is 16.8 Å². The summed E-state index contributed by atoms with van der Waals surface area (Å²) in [7, 11) is 0. The van der Waals surface area contributed by atoms with E-state index in [1.54, 1.807) is 0 Å². The molecule has 170 valence electrons. The van der Waals surface area contributed by atoms with Crippen molar-refractivity contribution >= 4 is 38.4 Å². The number of rotatable bonds is 6. The SMILES string of the molecule is CCCCC(=O)c1ccc(-c2ccc(-n3c4ccccc4c4ccccc43)c3ccccc23)cc1. The molecule has 0 saturated heterocycles. The third-order valence-corrected chi connectivity index (χ3v) is 7.00. The fourth-order valence-electron chi connectivity index (χ4n) is 5.23. The van der Waals surface area contributed by atoms with Crippen LogP contribution in [0.1, 0.15) is 36.5 Å². The molecule has 0 bridgehead atoms. The highest BCUT2D eigenvalue weighted by atomic mass is 16.1. The molecule has 0 atom stereocenters. The number of hydrogen-bond donors (Lipinski definition) is 0. The second-order valence-corrected chi connectivity index (χ2v) is 9.15. The van der Waals surface area contributed by atoms with Gasteiger partial charge in [0.15, 0.2) is 5.78 Å². The van der Waals surface area contributed by atoms with E-state index in [4.69, 9.17) is 0 Å². The summed E-state index contributed by atoms with van der Waals surface area (Å²) in [6.07, 6.45) is 2.59. The molecule has 2 nitrogen and oxygen atoms in total. The van der Waals surface area contributed by atoms with Crippen LogP contribution in [0.5, 0.6) is 0 Å². The summed E-state index contributed by atoms with van der Waals surface area (Å²) in [6.45, 7) is 2.12. The maximum absolute atomic E-state index is 12.5. The van der Waals surface area contributed by atoms with E-state index in [0.717, 1.165) is 24.0 Å². The monoisotopic (exact) mass is 453 g/mol. The predicted molar refractivity (Wildman–Crippen MR) is 148 cm³/mol. The van der Waals surface area contributed by atoms with Gasteiger partial charge in [0.05, 0.1) is 16.7 Å². The minimum atomic E-state index is 0.227. The first-order chi connectivity index (χ1) is 17.3. The van der Waals surface area contributed by atoms with Crippen LogP contribution in [-0.2, 0) is 0 Å². The molecule has 0 unspecified atom stereocenters. The van der Waals surface area contributed by atoms with Crippen molar-refractivity contribution < 1.29 is 4.79 Å². The Kier molecular flexibility index (Phi) is 5.42. The van der Waals surface area contributed by atoms with Gasteiger partial charge in [0, 0.05) is 28.1 Å². The molecule has 1 aromatic heterocycles. The average molecular weight is 454 g/mol.